The molecule has 0 spiro atoms. The van der Waals surface area contributed by atoms with Crippen LogP contribution in [0.2, 0.25) is 0 Å². The molecule has 2 N–H and O–H groups in total. The number of halogens is 2. The molecule has 1 aliphatic heterocycles. The fourth-order valence-electron chi connectivity index (χ4n) is 2.19. The summed E-state index contributed by atoms with van der Waals surface area (Å²) in [7, 11) is 0. The molecule has 2 rings (SSSR count). The van der Waals surface area contributed by atoms with Crippen molar-refractivity contribution >= 4 is 17.8 Å². The van der Waals surface area contributed by atoms with E-state index < -0.39 is 35.5 Å². The molecule has 2 amide bonds. The van der Waals surface area contributed by atoms with Gasteiger partial charge in [-0.05, 0) is 24.6 Å². The van der Waals surface area contributed by atoms with Crippen molar-refractivity contribution in [2.24, 2.45) is 0 Å². The summed E-state index contributed by atoms with van der Waals surface area (Å²) in [5, 5.41) is 5.01. The first-order chi connectivity index (χ1) is 10.8. The highest BCUT2D eigenvalue weighted by atomic mass is 19.1. The van der Waals surface area contributed by atoms with Crippen molar-refractivity contribution in [3.63, 3.8) is 0 Å². The lowest BCUT2D eigenvalue weighted by molar-refractivity contribution is -0.138. The van der Waals surface area contributed by atoms with Gasteiger partial charge in [-0.25, -0.2) is 8.78 Å². The number of carbonyl (C=O) groups excluding carboxylic acids is 3. The maximum atomic E-state index is 13.1. The maximum absolute atomic E-state index is 13.1. The fraction of sp³-hybridized carbons (Fsp3) is 0.400. The van der Waals surface area contributed by atoms with Crippen LogP contribution in [0.3, 0.4) is 0 Å². The van der Waals surface area contributed by atoms with Crippen molar-refractivity contribution in [3.05, 3.63) is 35.4 Å². The largest absolute Gasteiger partial charge is 0.463 e. The molecule has 8 heteroatoms. The van der Waals surface area contributed by atoms with Crippen LogP contribution in [0, 0.1) is 11.6 Å². The van der Waals surface area contributed by atoms with Gasteiger partial charge in [0.1, 0.15) is 24.3 Å². The molecule has 6 nitrogen and oxygen atoms in total. The van der Waals surface area contributed by atoms with Crippen LogP contribution in [0.1, 0.15) is 18.9 Å². The lowest BCUT2D eigenvalue weighted by Gasteiger charge is -2.16. The van der Waals surface area contributed by atoms with Crippen LogP contribution in [0.25, 0.3) is 0 Å². The quantitative estimate of drug-likeness (QED) is 0.769. The number of cyclic esters (lactones) is 1. The molecular weight excluding hydrogens is 310 g/mol. The summed E-state index contributed by atoms with van der Waals surface area (Å²) < 4.78 is 30.8. The van der Waals surface area contributed by atoms with Crippen LogP contribution >= 0.6 is 0 Å². The average molecular weight is 326 g/mol. The topological polar surface area (TPSA) is 84.5 Å². The van der Waals surface area contributed by atoms with Crippen LogP contribution in [-0.4, -0.2) is 36.5 Å². The van der Waals surface area contributed by atoms with E-state index in [1.54, 1.807) is 0 Å². The molecule has 124 valence electrons. The Labute approximate surface area is 131 Å². The molecule has 0 aliphatic carbocycles. The van der Waals surface area contributed by atoms with Crippen molar-refractivity contribution in [1.82, 2.24) is 10.6 Å². The fourth-order valence-corrected chi connectivity index (χ4v) is 2.19. The molecule has 0 saturated carbocycles. The van der Waals surface area contributed by atoms with Crippen LogP contribution in [0.4, 0.5) is 8.78 Å². The number of nitrogens with one attached hydrogen (secondary N) is 2. The number of ether oxygens (including phenoxy) is 1. The van der Waals surface area contributed by atoms with Gasteiger partial charge < -0.3 is 15.4 Å². The van der Waals surface area contributed by atoms with E-state index in [0.717, 1.165) is 12.1 Å². The van der Waals surface area contributed by atoms with E-state index in [2.05, 4.69) is 10.6 Å². The first-order valence-corrected chi connectivity index (χ1v) is 7.04. The van der Waals surface area contributed by atoms with Crippen molar-refractivity contribution in [1.29, 1.82) is 0 Å². The number of esters is 1. The lowest BCUT2D eigenvalue weighted by Crippen LogP contribution is -2.48. The first kappa shape index (κ1) is 16.9. The second-order valence-corrected chi connectivity index (χ2v) is 5.34. The second-order valence-electron chi connectivity index (χ2n) is 5.34. The molecule has 1 aromatic rings. The summed E-state index contributed by atoms with van der Waals surface area (Å²) in [6.45, 7) is 1.57. The third-order valence-electron chi connectivity index (χ3n) is 3.26. The zero-order valence-electron chi connectivity index (χ0n) is 12.4. The summed E-state index contributed by atoms with van der Waals surface area (Å²) in [5.74, 6) is -2.95. The zero-order valence-corrected chi connectivity index (χ0v) is 12.4. The van der Waals surface area contributed by atoms with Gasteiger partial charge in [0.25, 0.3) is 0 Å². The molecule has 0 aromatic heterocycles. The van der Waals surface area contributed by atoms with Crippen LogP contribution in [0.15, 0.2) is 18.2 Å². The van der Waals surface area contributed by atoms with Crippen molar-refractivity contribution in [2.45, 2.75) is 31.8 Å². The Morgan fingerprint density at radius 1 is 1.30 bits per heavy atom. The third-order valence-corrected chi connectivity index (χ3v) is 3.26. The summed E-state index contributed by atoms with van der Waals surface area (Å²) in [5.41, 5.74) is 0.169. The number of hydrogen-bond acceptors (Lipinski definition) is 4. The normalized spacial score (nSPS) is 18.2. The number of hydrogen-bond donors (Lipinski definition) is 2. The minimum Gasteiger partial charge on any atom is -0.463 e. The van der Waals surface area contributed by atoms with Crippen LogP contribution < -0.4 is 10.6 Å². The lowest BCUT2D eigenvalue weighted by atomic mass is 10.1. The van der Waals surface area contributed by atoms with Gasteiger partial charge in [-0.1, -0.05) is 0 Å². The minimum atomic E-state index is -0.850. The molecule has 1 fully saturated rings. The average Bonchev–Trinajstić information content (AvgIpc) is 2.82. The molecule has 1 heterocycles. The van der Waals surface area contributed by atoms with Gasteiger partial charge >= 0.3 is 5.97 Å². The van der Waals surface area contributed by atoms with Gasteiger partial charge in [0.05, 0.1) is 18.9 Å². The molecule has 1 unspecified atom stereocenters. The molecule has 2 atom stereocenters. The van der Waals surface area contributed by atoms with Crippen molar-refractivity contribution in [3.8, 4) is 0 Å². The standard InChI is InChI=1S/C15H16F2N2O4/c1-8(15(22)19-12-6-14(21)23-7-12)18-13(20)4-9-2-10(16)5-11(17)3-9/h2-3,5,8,12H,4,6-7H2,1H3,(H,18,20)(H,19,22)/t8-,12?/m0/s1. The van der Waals surface area contributed by atoms with Gasteiger partial charge in [-0.15, -0.1) is 0 Å². The summed E-state index contributed by atoms with van der Waals surface area (Å²) in [6, 6.07) is 1.55. The number of rotatable bonds is 5. The summed E-state index contributed by atoms with van der Waals surface area (Å²) >= 11 is 0. The van der Waals surface area contributed by atoms with Crippen molar-refractivity contribution < 1.29 is 27.9 Å². The van der Waals surface area contributed by atoms with E-state index in [1.165, 1.54) is 6.92 Å². The molecule has 0 radical (unpaired) electrons. The molecule has 1 saturated heterocycles. The number of amides is 2. The Bertz CT molecular complexity index is 616. The predicted octanol–water partition coefficient (Wildman–Crippen LogP) is 0.444. The Balaban J connectivity index is 1.84. The second kappa shape index (κ2) is 7.17. The first-order valence-electron chi connectivity index (χ1n) is 7.04. The van der Waals surface area contributed by atoms with E-state index >= 15 is 0 Å². The monoisotopic (exact) mass is 326 g/mol. The Morgan fingerprint density at radius 3 is 2.52 bits per heavy atom. The maximum Gasteiger partial charge on any atom is 0.308 e. The van der Waals surface area contributed by atoms with Gasteiger partial charge in [-0.3, -0.25) is 14.4 Å². The number of benzene rings is 1. The van der Waals surface area contributed by atoms with E-state index in [1.807, 2.05) is 0 Å². The molecule has 1 aromatic carbocycles. The minimum absolute atomic E-state index is 0.0922. The highest BCUT2D eigenvalue weighted by Gasteiger charge is 2.27. The Hall–Kier alpha value is -2.51. The van der Waals surface area contributed by atoms with E-state index in [4.69, 9.17) is 4.74 Å². The van der Waals surface area contributed by atoms with Crippen molar-refractivity contribution in [2.75, 3.05) is 6.61 Å². The van der Waals surface area contributed by atoms with Crippen LogP contribution in [0.5, 0.6) is 0 Å². The Morgan fingerprint density at radius 2 is 1.96 bits per heavy atom. The molecular formula is C15H16F2N2O4. The molecule has 0 bridgehead atoms. The van der Waals surface area contributed by atoms with E-state index in [-0.39, 0.29) is 31.0 Å². The Kier molecular flexibility index (Phi) is 5.25. The van der Waals surface area contributed by atoms with Crippen LogP contribution in [-0.2, 0) is 25.5 Å². The number of carbonyl (C=O) groups is 3. The highest BCUT2D eigenvalue weighted by molar-refractivity contribution is 5.88. The third kappa shape index (κ3) is 5.01. The predicted molar refractivity (Wildman–Crippen MR) is 75.2 cm³/mol. The van der Waals surface area contributed by atoms with Gasteiger partial charge in [0, 0.05) is 6.07 Å². The summed E-state index contributed by atoms with van der Waals surface area (Å²) in [6.07, 6.45) is -0.160. The highest BCUT2D eigenvalue weighted by Crippen LogP contribution is 2.09. The van der Waals surface area contributed by atoms with E-state index in [9.17, 15) is 23.2 Å². The molecule has 1 aliphatic rings. The summed E-state index contributed by atoms with van der Waals surface area (Å²) in [4.78, 5) is 34.6. The van der Waals surface area contributed by atoms with E-state index in [0.29, 0.717) is 6.07 Å². The van der Waals surface area contributed by atoms with Gasteiger partial charge in [0.15, 0.2) is 0 Å². The smallest absolute Gasteiger partial charge is 0.308 e. The SMILES string of the molecule is C[C@H](NC(=O)Cc1cc(F)cc(F)c1)C(=O)NC1COC(=O)C1. The van der Waals surface area contributed by atoms with Gasteiger partial charge in [-0.2, -0.15) is 0 Å². The zero-order chi connectivity index (χ0) is 17.0. The molecule has 23 heavy (non-hydrogen) atoms. The van der Waals surface area contributed by atoms with Gasteiger partial charge in [0.2, 0.25) is 11.8 Å².